The molecule has 25 heavy (non-hydrogen) atoms. The summed E-state index contributed by atoms with van der Waals surface area (Å²) in [4.78, 5) is 31.9. The summed E-state index contributed by atoms with van der Waals surface area (Å²) in [6, 6.07) is 10.4. The Kier molecular flexibility index (Phi) is 4.85. The molecule has 0 aliphatic rings. The van der Waals surface area contributed by atoms with Crippen LogP contribution in [-0.4, -0.2) is 20.4 Å². The minimum Gasteiger partial charge on any atom is -0.346 e. The molecule has 0 fully saturated rings. The number of allylic oxidation sites excluding steroid dienone is 1. The number of amides is 1. The van der Waals surface area contributed by atoms with Crippen molar-refractivity contribution in [3.63, 3.8) is 0 Å². The summed E-state index contributed by atoms with van der Waals surface area (Å²) in [6.45, 7) is 4.28. The molecule has 7 heteroatoms. The highest BCUT2D eigenvalue weighted by molar-refractivity contribution is 7.71. The van der Waals surface area contributed by atoms with Gasteiger partial charge in [-0.2, -0.15) is 0 Å². The third kappa shape index (κ3) is 3.56. The number of hydrogen-bond acceptors (Lipinski definition) is 4. The molecular weight excluding hydrogens is 336 g/mol. The van der Waals surface area contributed by atoms with E-state index in [1.807, 2.05) is 18.2 Å². The number of hydrogen-bond donors (Lipinski definition) is 2. The summed E-state index contributed by atoms with van der Waals surface area (Å²) in [5.41, 5.74) is 1.53. The van der Waals surface area contributed by atoms with Gasteiger partial charge in [0.15, 0.2) is 4.77 Å². The van der Waals surface area contributed by atoms with E-state index >= 15 is 0 Å². The molecule has 0 saturated carbocycles. The van der Waals surface area contributed by atoms with Gasteiger partial charge < -0.3 is 10.3 Å². The SMILES string of the molecule is C=CCn1c(=S)[nH]c2cc(C(=O)NCc3ccccn3)ccc2c1=O. The Morgan fingerprint density at radius 1 is 1.36 bits per heavy atom. The van der Waals surface area contributed by atoms with Gasteiger partial charge in [0.1, 0.15) is 0 Å². The molecule has 0 bridgehead atoms. The van der Waals surface area contributed by atoms with E-state index in [4.69, 9.17) is 12.2 Å². The van der Waals surface area contributed by atoms with Crippen molar-refractivity contribution in [3.8, 4) is 0 Å². The topological polar surface area (TPSA) is 79.8 Å². The fourth-order valence-electron chi connectivity index (χ4n) is 2.47. The van der Waals surface area contributed by atoms with E-state index in [0.29, 0.717) is 34.3 Å². The summed E-state index contributed by atoms with van der Waals surface area (Å²) in [7, 11) is 0. The Bertz CT molecular complexity index is 1050. The van der Waals surface area contributed by atoms with Crippen LogP contribution in [0.2, 0.25) is 0 Å². The number of aromatic amines is 1. The van der Waals surface area contributed by atoms with Crippen LogP contribution in [0.4, 0.5) is 0 Å². The zero-order valence-corrected chi connectivity index (χ0v) is 14.2. The molecule has 3 aromatic rings. The molecule has 0 aliphatic carbocycles. The van der Waals surface area contributed by atoms with E-state index in [1.54, 1.807) is 30.5 Å². The molecule has 2 N–H and O–H groups in total. The highest BCUT2D eigenvalue weighted by atomic mass is 32.1. The van der Waals surface area contributed by atoms with Crippen LogP contribution >= 0.6 is 12.2 Å². The Morgan fingerprint density at radius 2 is 2.20 bits per heavy atom. The molecule has 126 valence electrons. The molecular formula is C18H16N4O2S. The van der Waals surface area contributed by atoms with Crippen LogP contribution in [0.25, 0.3) is 10.9 Å². The van der Waals surface area contributed by atoms with Gasteiger partial charge in [-0.3, -0.25) is 19.1 Å². The quantitative estimate of drug-likeness (QED) is 0.546. The average molecular weight is 352 g/mol. The average Bonchev–Trinajstić information content (AvgIpc) is 2.63. The Morgan fingerprint density at radius 3 is 2.92 bits per heavy atom. The first-order valence-corrected chi connectivity index (χ1v) is 8.07. The number of aromatic nitrogens is 3. The van der Waals surface area contributed by atoms with Gasteiger partial charge in [-0.05, 0) is 42.5 Å². The molecule has 0 aliphatic heterocycles. The van der Waals surface area contributed by atoms with Gasteiger partial charge in [0.2, 0.25) is 0 Å². The maximum atomic E-state index is 12.5. The van der Waals surface area contributed by atoms with Crippen molar-refractivity contribution in [3.05, 3.63) is 81.6 Å². The second-order valence-corrected chi connectivity index (χ2v) is 5.79. The van der Waals surface area contributed by atoms with Crippen molar-refractivity contribution in [2.75, 3.05) is 0 Å². The van der Waals surface area contributed by atoms with Crippen molar-refractivity contribution in [2.24, 2.45) is 0 Å². The molecule has 0 saturated heterocycles. The number of carbonyl (C=O) groups excluding carboxylic acids is 1. The number of nitrogens with zero attached hydrogens (tertiary/aromatic N) is 2. The van der Waals surface area contributed by atoms with Gasteiger partial charge in [-0.15, -0.1) is 6.58 Å². The van der Waals surface area contributed by atoms with Crippen molar-refractivity contribution < 1.29 is 4.79 Å². The molecule has 1 aromatic carbocycles. The lowest BCUT2D eigenvalue weighted by molar-refractivity contribution is 0.0950. The summed E-state index contributed by atoms with van der Waals surface area (Å²) >= 11 is 5.21. The van der Waals surface area contributed by atoms with Crippen LogP contribution < -0.4 is 10.9 Å². The van der Waals surface area contributed by atoms with E-state index in [9.17, 15) is 9.59 Å². The standard InChI is InChI=1S/C18H16N4O2S/c1-2-9-22-17(24)14-7-6-12(10-15(14)21-18(22)25)16(23)20-11-13-5-3-4-8-19-13/h2-8,10H,1,9,11H2,(H,20,23)(H,21,25). The summed E-state index contributed by atoms with van der Waals surface area (Å²) in [5, 5.41) is 3.27. The monoisotopic (exact) mass is 352 g/mol. The van der Waals surface area contributed by atoms with Crippen LogP contribution in [0, 0.1) is 4.77 Å². The number of pyridine rings is 1. The first-order valence-electron chi connectivity index (χ1n) is 7.66. The number of rotatable bonds is 5. The van der Waals surface area contributed by atoms with E-state index in [1.165, 1.54) is 4.57 Å². The Hall–Kier alpha value is -3.06. The minimum absolute atomic E-state index is 0.209. The summed E-state index contributed by atoms with van der Waals surface area (Å²) in [5.74, 6) is -0.248. The molecule has 0 atom stereocenters. The molecule has 0 unspecified atom stereocenters. The highest BCUT2D eigenvalue weighted by Gasteiger charge is 2.10. The summed E-state index contributed by atoms with van der Waals surface area (Å²) in [6.07, 6.45) is 3.28. The number of H-pyrrole nitrogens is 1. The summed E-state index contributed by atoms with van der Waals surface area (Å²) < 4.78 is 1.72. The van der Waals surface area contributed by atoms with Gasteiger partial charge in [-0.25, -0.2) is 0 Å². The van der Waals surface area contributed by atoms with Crippen LogP contribution in [-0.2, 0) is 13.1 Å². The molecule has 0 spiro atoms. The lowest BCUT2D eigenvalue weighted by Gasteiger charge is -2.08. The first-order chi connectivity index (χ1) is 12.1. The van der Waals surface area contributed by atoms with Crippen molar-refractivity contribution in [1.82, 2.24) is 19.9 Å². The first kappa shape index (κ1) is 16.8. The third-order valence-electron chi connectivity index (χ3n) is 3.71. The van der Waals surface area contributed by atoms with Crippen LogP contribution in [0.1, 0.15) is 16.1 Å². The molecule has 2 aromatic heterocycles. The largest absolute Gasteiger partial charge is 0.346 e. The van der Waals surface area contributed by atoms with Crippen LogP contribution in [0.5, 0.6) is 0 Å². The van der Waals surface area contributed by atoms with Crippen LogP contribution in [0.3, 0.4) is 0 Å². The van der Waals surface area contributed by atoms with Gasteiger partial charge in [0.25, 0.3) is 11.5 Å². The Labute approximate surface area is 148 Å². The number of benzene rings is 1. The number of fused-ring (bicyclic) bond motifs is 1. The van der Waals surface area contributed by atoms with E-state index in [-0.39, 0.29) is 11.5 Å². The van der Waals surface area contributed by atoms with E-state index < -0.39 is 0 Å². The third-order valence-corrected chi connectivity index (χ3v) is 4.03. The second-order valence-electron chi connectivity index (χ2n) is 5.40. The zero-order chi connectivity index (χ0) is 17.8. The zero-order valence-electron chi connectivity index (χ0n) is 13.4. The highest BCUT2D eigenvalue weighted by Crippen LogP contribution is 2.11. The van der Waals surface area contributed by atoms with Gasteiger partial charge in [-0.1, -0.05) is 12.1 Å². The minimum atomic E-state index is -0.248. The van der Waals surface area contributed by atoms with Gasteiger partial charge in [0.05, 0.1) is 23.1 Å². The van der Waals surface area contributed by atoms with Crippen molar-refractivity contribution in [2.45, 2.75) is 13.1 Å². The maximum Gasteiger partial charge on any atom is 0.262 e. The number of nitrogens with one attached hydrogen (secondary N) is 2. The predicted molar refractivity (Wildman–Crippen MR) is 99.0 cm³/mol. The van der Waals surface area contributed by atoms with E-state index in [2.05, 4.69) is 21.9 Å². The van der Waals surface area contributed by atoms with Crippen molar-refractivity contribution in [1.29, 1.82) is 0 Å². The van der Waals surface area contributed by atoms with Crippen LogP contribution in [0.15, 0.2) is 60.0 Å². The molecule has 2 heterocycles. The fraction of sp³-hybridized carbons (Fsp3) is 0.111. The predicted octanol–water partition coefficient (Wildman–Crippen LogP) is 2.57. The van der Waals surface area contributed by atoms with Gasteiger partial charge in [0, 0.05) is 18.3 Å². The normalized spacial score (nSPS) is 10.6. The Balaban J connectivity index is 1.89. The number of carbonyl (C=O) groups is 1. The maximum absolute atomic E-state index is 12.5. The van der Waals surface area contributed by atoms with Gasteiger partial charge >= 0.3 is 0 Å². The molecule has 3 rings (SSSR count). The molecule has 1 amide bonds. The molecule has 6 nitrogen and oxygen atoms in total. The lowest BCUT2D eigenvalue weighted by Crippen LogP contribution is -2.24. The smallest absolute Gasteiger partial charge is 0.262 e. The second kappa shape index (κ2) is 7.23. The lowest BCUT2D eigenvalue weighted by atomic mass is 10.1. The van der Waals surface area contributed by atoms with E-state index in [0.717, 1.165) is 5.69 Å². The molecule has 0 radical (unpaired) electrons. The fourth-order valence-corrected chi connectivity index (χ4v) is 2.73. The van der Waals surface area contributed by atoms with Crippen molar-refractivity contribution >= 4 is 29.0 Å².